The van der Waals surface area contributed by atoms with E-state index in [2.05, 4.69) is 35.4 Å². The highest BCUT2D eigenvalue weighted by molar-refractivity contribution is 5.83. The van der Waals surface area contributed by atoms with E-state index in [0.29, 0.717) is 6.61 Å². The molecule has 1 atom stereocenters. The summed E-state index contributed by atoms with van der Waals surface area (Å²) in [6.45, 7) is 6.30. The van der Waals surface area contributed by atoms with Gasteiger partial charge in [-0.1, -0.05) is 23.4 Å². The maximum absolute atomic E-state index is 12.5. The second kappa shape index (κ2) is 8.19. The molecule has 6 heteroatoms. The number of carbonyl (C=O) groups excluding carboxylic acids is 1. The summed E-state index contributed by atoms with van der Waals surface area (Å²) in [6.07, 6.45) is 3.39. The summed E-state index contributed by atoms with van der Waals surface area (Å²) in [5, 5.41) is 18.6. The van der Waals surface area contributed by atoms with Crippen molar-refractivity contribution in [3.63, 3.8) is 0 Å². The second-order valence-corrected chi connectivity index (χ2v) is 8.21. The molecule has 0 amide bonds. The molecule has 6 nitrogen and oxygen atoms in total. The van der Waals surface area contributed by atoms with Crippen molar-refractivity contribution in [3.8, 4) is 0 Å². The molecule has 0 bridgehead atoms. The van der Waals surface area contributed by atoms with E-state index in [-0.39, 0.29) is 24.9 Å². The lowest BCUT2D eigenvalue weighted by Gasteiger charge is -2.22. The van der Waals surface area contributed by atoms with E-state index in [9.17, 15) is 9.90 Å². The van der Waals surface area contributed by atoms with Crippen LogP contribution in [0.4, 0.5) is 0 Å². The van der Waals surface area contributed by atoms with Crippen LogP contribution < -0.4 is 0 Å². The normalized spacial score (nSPS) is 14.2. The summed E-state index contributed by atoms with van der Waals surface area (Å²) in [6, 6.07) is 6.45. The van der Waals surface area contributed by atoms with Gasteiger partial charge in [0.1, 0.15) is 5.52 Å². The third-order valence-corrected chi connectivity index (χ3v) is 6.31. The first-order valence-corrected chi connectivity index (χ1v) is 10.6. The van der Waals surface area contributed by atoms with E-state index in [1.165, 1.54) is 11.1 Å². The fourth-order valence-electron chi connectivity index (χ4n) is 4.92. The van der Waals surface area contributed by atoms with E-state index < -0.39 is 0 Å². The lowest BCUT2D eigenvalue weighted by atomic mass is 9.82. The largest absolute Gasteiger partial charge is 0.466 e. The Bertz CT molecular complexity index is 1120. The molecule has 0 saturated carbocycles. The molecule has 1 aliphatic rings. The van der Waals surface area contributed by atoms with Crippen LogP contribution in [-0.4, -0.2) is 32.7 Å². The van der Waals surface area contributed by atoms with Gasteiger partial charge in [-0.15, -0.1) is 5.10 Å². The minimum Gasteiger partial charge on any atom is -0.466 e. The minimum atomic E-state index is -0.218. The topological polar surface area (TPSA) is 77.2 Å². The highest BCUT2D eigenvalue weighted by Gasteiger charge is 2.26. The number of hydrogen-bond donors (Lipinski definition) is 1. The Balaban J connectivity index is 1.89. The molecule has 1 aliphatic carbocycles. The summed E-state index contributed by atoms with van der Waals surface area (Å²) in [5.41, 5.74) is 9.65. The van der Waals surface area contributed by atoms with Gasteiger partial charge in [0.25, 0.3) is 0 Å². The van der Waals surface area contributed by atoms with Crippen molar-refractivity contribution in [3.05, 3.63) is 57.1 Å². The van der Waals surface area contributed by atoms with Crippen LogP contribution in [0.15, 0.2) is 18.2 Å². The maximum Gasteiger partial charge on any atom is 0.306 e. The van der Waals surface area contributed by atoms with Gasteiger partial charge in [-0.2, -0.15) is 0 Å². The summed E-state index contributed by atoms with van der Waals surface area (Å²) >= 11 is 0. The van der Waals surface area contributed by atoms with Gasteiger partial charge in [-0.3, -0.25) is 4.79 Å². The van der Waals surface area contributed by atoms with Gasteiger partial charge in [0.2, 0.25) is 0 Å². The van der Waals surface area contributed by atoms with E-state index in [0.717, 1.165) is 58.1 Å². The van der Waals surface area contributed by atoms with Gasteiger partial charge in [-0.25, -0.2) is 4.68 Å². The predicted molar refractivity (Wildman–Crippen MR) is 115 cm³/mol. The molecule has 1 aromatic heterocycles. The molecule has 0 aliphatic heterocycles. The molecule has 0 spiro atoms. The Morgan fingerprint density at radius 2 is 2.07 bits per heavy atom. The lowest BCUT2D eigenvalue weighted by molar-refractivity contribution is -0.143. The third kappa shape index (κ3) is 3.49. The number of nitrogens with zero attached hydrogens (tertiary/aromatic N) is 3. The molecule has 158 valence electrons. The SMILES string of the molecule is CCOC(=O)C[C@@H](c1cc(CO)c2c(c1)CCC2)c1cc(C)c2c(nnn2C)c1C. The van der Waals surface area contributed by atoms with Gasteiger partial charge in [0.05, 0.1) is 25.2 Å². The Kier molecular flexibility index (Phi) is 5.60. The van der Waals surface area contributed by atoms with Crippen molar-refractivity contribution >= 4 is 17.0 Å². The summed E-state index contributed by atoms with van der Waals surface area (Å²) < 4.78 is 7.10. The molecule has 0 saturated heterocycles. The number of aromatic nitrogens is 3. The number of esters is 1. The highest BCUT2D eigenvalue weighted by atomic mass is 16.5. The average molecular weight is 408 g/mol. The number of aryl methyl sites for hydroxylation is 4. The number of ether oxygens (including phenoxy) is 1. The molecule has 4 rings (SSSR count). The molecule has 1 N–H and O–H groups in total. The van der Waals surface area contributed by atoms with Gasteiger partial charge >= 0.3 is 5.97 Å². The van der Waals surface area contributed by atoms with E-state index in [1.807, 2.05) is 20.9 Å². The van der Waals surface area contributed by atoms with Gasteiger partial charge in [-0.05, 0) is 79.0 Å². The molecule has 0 unspecified atom stereocenters. The number of fused-ring (bicyclic) bond motifs is 2. The van der Waals surface area contributed by atoms with Crippen LogP contribution in [0.1, 0.15) is 64.6 Å². The maximum atomic E-state index is 12.5. The van der Waals surface area contributed by atoms with Crippen LogP contribution in [0.3, 0.4) is 0 Å². The van der Waals surface area contributed by atoms with Crippen LogP contribution in [0.2, 0.25) is 0 Å². The molecular weight excluding hydrogens is 378 g/mol. The zero-order valence-corrected chi connectivity index (χ0v) is 18.2. The second-order valence-electron chi connectivity index (χ2n) is 8.21. The Morgan fingerprint density at radius 3 is 2.80 bits per heavy atom. The lowest BCUT2D eigenvalue weighted by Crippen LogP contribution is -2.14. The molecule has 3 aromatic rings. The molecule has 30 heavy (non-hydrogen) atoms. The van der Waals surface area contributed by atoms with Gasteiger partial charge in [0, 0.05) is 13.0 Å². The van der Waals surface area contributed by atoms with Gasteiger partial charge in [0.15, 0.2) is 0 Å². The van der Waals surface area contributed by atoms with Gasteiger partial charge < -0.3 is 9.84 Å². The van der Waals surface area contributed by atoms with E-state index >= 15 is 0 Å². The molecular formula is C24H29N3O3. The fourth-order valence-corrected chi connectivity index (χ4v) is 4.92. The van der Waals surface area contributed by atoms with Crippen LogP contribution >= 0.6 is 0 Å². The van der Waals surface area contributed by atoms with Crippen molar-refractivity contribution in [1.29, 1.82) is 0 Å². The molecule has 0 radical (unpaired) electrons. The molecule has 2 aromatic carbocycles. The molecule has 0 fully saturated rings. The molecule has 1 heterocycles. The van der Waals surface area contributed by atoms with E-state index in [1.54, 1.807) is 4.68 Å². The first-order valence-electron chi connectivity index (χ1n) is 10.6. The Labute approximate surface area is 176 Å². The summed E-state index contributed by atoms with van der Waals surface area (Å²) in [4.78, 5) is 12.5. The van der Waals surface area contributed by atoms with Crippen molar-refractivity contribution < 1.29 is 14.6 Å². The zero-order valence-electron chi connectivity index (χ0n) is 18.2. The number of carbonyl (C=O) groups is 1. The van der Waals surface area contributed by atoms with E-state index in [4.69, 9.17) is 4.74 Å². The number of aliphatic hydroxyl groups excluding tert-OH is 1. The average Bonchev–Trinajstić information content (AvgIpc) is 3.35. The summed E-state index contributed by atoms with van der Waals surface area (Å²) in [7, 11) is 1.89. The first-order chi connectivity index (χ1) is 14.4. The van der Waals surface area contributed by atoms with Crippen LogP contribution in [0.25, 0.3) is 11.0 Å². The standard InChI is InChI=1S/C24H29N3O3/c1-5-30-22(29)12-21(17-10-16-7-6-8-19(16)18(11-17)13-28)20-9-14(2)24-23(15(20)3)25-26-27(24)4/h9-11,21,28H,5-8,12-13H2,1-4H3/t21-/m0/s1. The minimum absolute atomic E-state index is 0.0174. The smallest absolute Gasteiger partial charge is 0.306 e. The number of hydrogen-bond acceptors (Lipinski definition) is 5. The predicted octanol–water partition coefficient (Wildman–Crippen LogP) is 3.65. The summed E-state index contributed by atoms with van der Waals surface area (Å²) in [5.74, 6) is -0.379. The number of aliphatic hydroxyl groups is 1. The van der Waals surface area contributed by atoms with Crippen molar-refractivity contribution in [1.82, 2.24) is 15.0 Å². The zero-order chi connectivity index (χ0) is 21.4. The van der Waals surface area contributed by atoms with Crippen LogP contribution in [0, 0.1) is 13.8 Å². The Hall–Kier alpha value is -2.73. The van der Waals surface area contributed by atoms with Crippen LogP contribution in [-0.2, 0) is 36.0 Å². The van der Waals surface area contributed by atoms with Crippen molar-refractivity contribution in [2.75, 3.05) is 6.61 Å². The quantitative estimate of drug-likeness (QED) is 0.631. The first kappa shape index (κ1) is 20.5. The van der Waals surface area contributed by atoms with Crippen molar-refractivity contribution in [2.45, 2.75) is 59.0 Å². The number of benzene rings is 2. The van der Waals surface area contributed by atoms with Crippen LogP contribution in [0.5, 0.6) is 0 Å². The fraction of sp³-hybridized carbons (Fsp3) is 0.458. The highest BCUT2D eigenvalue weighted by Crippen LogP contribution is 2.38. The third-order valence-electron chi connectivity index (χ3n) is 6.31. The van der Waals surface area contributed by atoms with Crippen molar-refractivity contribution in [2.24, 2.45) is 7.05 Å². The Morgan fingerprint density at radius 1 is 1.27 bits per heavy atom. The number of rotatable bonds is 6. The monoisotopic (exact) mass is 407 g/mol.